The maximum absolute atomic E-state index is 11.5. The number of hydrogen-bond donors (Lipinski definition) is 0. The van der Waals surface area contributed by atoms with E-state index in [2.05, 4.69) is 16.5 Å². The van der Waals surface area contributed by atoms with E-state index in [-0.39, 0.29) is 5.78 Å². The van der Waals surface area contributed by atoms with E-state index in [0.717, 1.165) is 30.8 Å². The van der Waals surface area contributed by atoms with E-state index in [4.69, 9.17) is 0 Å². The van der Waals surface area contributed by atoms with Crippen molar-refractivity contribution in [2.24, 2.45) is 0 Å². The van der Waals surface area contributed by atoms with Gasteiger partial charge in [0.25, 0.3) is 0 Å². The molecular weight excluding hydrogens is 176 g/mol. The fourth-order valence-corrected chi connectivity index (χ4v) is 1.79. The summed E-state index contributed by atoms with van der Waals surface area (Å²) in [4.78, 5) is 15.7. The van der Waals surface area contributed by atoms with E-state index in [1.807, 2.05) is 12.3 Å². The summed E-state index contributed by atoms with van der Waals surface area (Å²) in [7, 11) is 0. The van der Waals surface area contributed by atoms with Crippen LogP contribution in [0.4, 0.5) is 0 Å². The van der Waals surface area contributed by atoms with Crippen molar-refractivity contribution in [3.8, 4) is 0 Å². The van der Waals surface area contributed by atoms with E-state index < -0.39 is 0 Å². The van der Waals surface area contributed by atoms with Crippen LogP contribution >= 0.6 is 0 Å². The van der Waals surface area contributed by atoms with Crippen LogP contribution in [0.5, 0.6) is 0 Å². The number of carbonyl (C=O) groups excluding carboxylic acids is 1. The number of nitrogens with zero attached hydrogens (tertiary/aromatic N) is 2. The van der Waals surface area contributed by atoms with Gasteiger partial charge in [0.15, 0.2) is 5.78 Å². The third-order valence-corrected chi connectivity index (χ3v) is 2.44. The molecule has 3 nitrogen and oxygen atoms in total. The minimum atomic E-state index is 0.230. The van der Waals surface area contributed by atoms with E-state index in [1.54, 1.807) is 6.20 Å². The van der Waals surface area contributed by atoms with Crippen LogP contribution in [0, 0.1) is 0 Å². The van der Waals surface area contributed by atoms with Crippen LogP contribution in [0.2, 0.25) is 0 Å². The minimum absolute atomic E-state index is 0.230. The molecule has 0 fully saturated rings. The lowest BCUT2D eigenvalue weighted by atomic mass is 10.2. The number of Topliss-reactive ketones (excluding diaryl/α,β-unsaturated/α-hetero) is 1. The van der Waals surface area contributed by atoms with Gasteiger partial charge in [-0.2, -0.15) is 0 Å². The SMILES string of the molecule is CCCn1ccnc1C1=CCCC1=O. The normalized spacial score (nSPS) is 16.1. The number of allylic oxidation sites excluding steroid dienone is 2. The molecule has 1 aliphatic rings. The van der Waals surface area contributed by atoms with Gasteiger partial charge >= 0.3 is 0 Å². The predicted octanol–water partition coefficient (Wildman–Crippen LogP) is 2.04. The third kappa shape index (κ3) is 1.50. The van der Waals surface area contributed by atoms with Crippen LogP contribution in [-0.2, 0) is 11.3 Å². The molecule has 2 rings (SSSR count). The number of imidazole rings is 1. The Bertz CT molecular complexity index is 376. The first kappa shape index (κ1) is 9.19. The highest BCUT2D eigenvalue weighted by atomic mass is 16.1. The Balaban J connectivity index is 2.31. The molecule has 0 bridgehead atoms. The van der Waals surface area contributed by atoms with Crippen LogP contribution in [-0.4, -0.2) is 15.3 Å². The number of ketones is 1. The van der Waals surface area contributed by atoms with Crippen molar-refractivity contribution in [1.82, 2.24) is 9.55 Å². The van der Waals surface area contributed by atoms with Gasteiger partial charge in [0.1, 0.15) is 5.82 Å². The quantitative estimate of drug-likeness (QED) is 0.731. The summed E-state index contributed by atoms with van der Waals surface area (Å²) >= 11 is 0. The fourth-order valence-electron chi connectivity index (χ4n) is 1.79. The first-order valence-electron chi connectivity index (χ1n) is 5.07. The average Bonchev–Trinajstić information content (AvgIpc) is 2.74. The molecule has 1 heterocycles. The second-order valence-electron chi connectivity index (χ2n) is 3.52. The predicted molar refractivity (Wildman–Crippen MR) is 54.7 cm³/mol. The van der Waals surface area contributed by atoms with Crippen molar-refractivity contribution < 1.29 is 4.79 Å². The van der Waals surface area contributed by atoms with Crippen molar-refractivity contribution in [1.29, 1.82) is 0 Å². The fraction of sp³-hybridized carbons (Fsp3) is 0.455. The van der Waals surface area contributed by atoms with E-state index in [0.29, 0.717) is 6.42 Å². The monoisotopic (exact) mass is 190 g/mol. The van der Waals surface area contributed by atoms with Gasteiger partial charge in [-0.1, -0.05) is 13.0 Å². The van der Waals surface area contributed by atoms with Crippen molar-refractivity contribution >= 4 is 11.4 Å². The zero-order valence-electron chi connectivity index (χ0n) is 8.36. The second-order valence-corrected chi connectivity index (χ2v) is 3.52. The largest absolute Gasteiger partial charge is 0.331 e. The Hall–Kier alpha value is -1.38. The Morgan fingerprint density at radius 3 is 3.07 bits per heavy atom. The van der Waals surface area contributed by atoms with Crippen LogP contribution < -0.4 is 0 Å². The molecule has 0 saturated carbocycles. The average molecular weight is 190 g/mol. The van der Waals surface area contributed by atoms with Crippen molar-refractivity contribution in [3.05, 3.63) is 24.3 Å². The molecule has 14 heavy (non-hydrogen) atoms. The van der Waals surface area contributed by atoms with Crippen LogP contribution in [0.25, 0.3) is 5.57 Å². The molecule has 0 atom stereocenters. The summed E-state index contributed by atoms with van der Waals surface area (Å²) in [6.45, 7) is 3.05. The Kier molecular flexibility index (Phi) is 2.48. The molecule has 0 aliphatic heterocycles. The summed E-state index contributed by atoms with van der Waals surface area (Å²) in [5.41, 5.74) is 0.809. The van der Waals surface area contributed by atoms with Crippen LogP contribution in [0.15, 0.2) is 18.5 Å². The highest BCUT2D eigenvalue weighted by Gasteiger charge is 2.20. The zero-order chi connectivity index (χ0) is 9.97. The van der Waals surface area contributed by atoms with Crippen molar-refractivity contribution in [3.63, 3.8) is 0 Å². The summed E-state index contributed by atoms with van der Waals surface area (Å²) in [6.07, 6.45) is 8.27. The maximum Gasteiger partial charge on any atom is 0.166 e. The molecule has 1 aromatic heterocycles. The minimum Gasteiger partial charge on any atom is -0.331 e. The summed E-state index contributed by atoms with van der Waals surface area (Å²) in [5, 5.41) is 0. The number of hydrogen-bond acceptors (Lipinski definition) is 2. The van der Waals surface area contributed by atoms with E-state index in [1.165, 1.54) is 0 Å². The molecule has 0 unspecified atom stereocenters. The zero-order valence-corrected chi connectivity index (χ0v) is 8.36. The molecule has 0 radical (unpaired) electrons. The van der Waals surface area contributed by atoms with Gasteiger partial charge in [-0.25, -0.2) is 4.98 Å². The smallest absolute Gasteiger partial charge is 0.166 e. The second kappa shape index (κ2) is 3.78. The van der Waals surface area contributed by atoms with Gasteiger partial charge in [0.05, 0.1) is 5.57 Å². The standard InChI is InChI=1S/C11H14N2O/c1-2-7-13-8-6-12-11(13)9-4-3-5-10(9)14/h4,6,8H,2-3,5,7H2,1H3. The lowest BCUT2D eigenvalue weighted by molar-refractivity contribution is -0.113. The summed E-state index contributed by atoms with van der Waals surface area (Å²) < 4.78 is 2.05. The lowest BCUT2D eigenvalue weighted by Gasteiger charge is -2.05. The molecule has 3 heteroatoms. The van der Waals surface area contributed by atoms with Gasteiger partial charge in [0, 0.05) is 25.4 Å². The van der Waals surface area contributed by atoms with Crippen LogP contribution in [0.1, 0.15) is 32.0 Å². The molecule has 1 aliphatic carbocycles. The molecule has 0 spiro atoms. The third-order valence-electron chi connectivity index (χ3n) is 2.44. The first-order chi connectivity index (χ1) is 6.83. The van der Waals surface area contributed by atoms with Crippen molar-refractivity contribution in [2.75, 3.05) is 0 Å². The summed E-state index contributed by atoms with van der Waals surface area (Å²) in [5.74, 6) is 1.07. The summed E-state index contributed by atoms with van der Waals surface area (Å²) in [6, 6.07) is 0. The van der Waals surface area contributed by atoms with Gasteiger partial charge in [-0.3, -0.25) is 4.79 Å². The van der Waals surface area contributed by atoms with Crippen molar-refractivity contribution in [2.45, 2.75) is 32.7 Å². The molecule has 0 aromatic carbocycles. The topological polar surface area (TPSA) is 34.9 Å². The van der Waals surface area contributed by atoms with E-state index in [9.17, 15) is 4.79 Å². The first-order valence-corrected chi connectivity index (χ1v) is 5.07. The Morgan fingerprint density at radius 2 is 2.43 bits per heavy atom. The number of carbonyl (C=O) groups is 1. The maximum atomic E-state index is 11.5. The van der Waals surface area contributed by atoms with Crippen LogP contribution in [0.3, 0.4) is 0 Å². The lowest BCUT2D eigenvalue weighted by Crippen LogP contribution is -2.05. The molecule has 1 aromatic rings. The Morgan fingerprint density at radius 1 is 1.57 bits per heavy atom. The molecule has 0 N–H and O–H groups in total. The van der Waals surface area contributed by atoms with Gasteiger partial charge in [-0.15, -0.1) is 0 Å². The molecular formula is C11H14N2O. The van der Waals surface area contributed by atoms with Gasteiger partial charge in [-0.05, 0) is 12.8 Å². The number of aryl methyl sites for hydroxylation is 1. The van der Waals surface area contributed by atoms with E-state index >= 15 is 0 Å². The highest BCUT2D eigenvalue weighted by molar-refractivity contribution is 6.21. The number of aromatic nitrogens is 2. The molecule has 0 saturated heterocycles. The molecule has 74 valence electrons. The molecule has 0 amide bonds. The Labute approximate surface area is 83.5 Å². The highest BCUT2D eigenvalue weighted by Crippen LogP contribution is 2.23. The number of rotatable bonds is 3. The van der Waals surface area contributed by atoms with Gasteiger partial charge in [0.2, 0.25) is 0 Å². The van der Waals surface area contributed by atoms with Gasteiger partial charge < -0.3 is 4.57 Å².